The number of carbonyl (C=O) groups excluding carboxylic acids is 1. The fourth-order valence-corrected chi connectivity index (χ4v) is 0.674. The Balaban J connectivity index is 3.62. The van der Waals surface area contributed by atoms with E-state index < -0.39 is 0 Å². The van der Waals surface area contributed by atoms with E-state index in [1.165, 1.54) is 0 Å². The lowest BCUT2D eigenvalue weighted by Gasteiger charge is -2.02. The van der Waals surface area contributed by atoms with Crippen LogP contribution >= 0.6 is 0 Å². The number of allylic oxidation sites excluding steroid dienone is 2. The molecule has 11 heavy (non-hydrogen) atoms. The maximum atomic E-state index is 11.1. The molecule has 0 unspecified atom stereocenters. The summed E-state index contributed by atoms with van der Waals surface area (Å²) in [6.45, 7) is 11.1. The molecule has 0 N–H and O–H groups in total. The van der Waals surface area contributed by atoms with Gasteiger partial charge in [0.1, 0.15) is 5.78 Å². The lowest BCUT2D eigenvalue weighted by molar-refractivity contribution is -0.121. The van der Waals surface area contributed by atoms with Crippen LogP contribution in [0, 0.1) is 5.92 Å². The molecule has 0 radical (unpaired) electrons. The summed E-state index contributed by atoms with van der Waals surface area (Å²) in [5.74, 6) is 0.445. The van der Waals surface area contributed by atoms with E-state index in [4.69, 9.17) is 0 Å². The molecule has 0 aromatic carbocycles. The third-order valence-electron chi connectivity index (χ3n) is 1.63. The maximum Gasteiger partial charge on any atom is 0.135 e. The molecular weight excluding hydrogens is 136 g/mol. The smallest absolute Gasteiger partial charge is 0.135 e. The van der Waals surface area contributed by atoms with E-state index in [1.807, 2.05) is 13.8 Å². The monoisotopic (exact) mass is 152 g/mol. The molecule has 0 fully saturated rings. The van der Waals surface area contributed by atoms with Crippen LogP contribution in [0.2, 0.25) is 0 Å². The Kier molecular flexibility index (Phi) is 4.51. The molecule has 0 aromatic heterocycles. The summed E-state index contributed by atoms with van der Waals surface area (Å²) in [6, 6.07) is 0. The molecule has 0 spiro atoms. The molecule has 0 rings (SSSR count). The molecule has 0 amide bonds. The highest BCUT2D eigenvalue weighted by Crippen LogP contribution is 2.07. The van der Waals surface area contributed by atoms with E-state index in [9.17, 15) is 4.79 Å². The first-order chi connectivity index (χ1) is 5.07. The van der Waals surface area contributed by atoms with Gasteiger partial charge in [-0.25, -0.2) is 0 Å². The summed E-state index contributed by atoms with van der Waals surface area (Å²) in [5.41, 5.74) is 0.944. The van der Waals surface area contributed by atoms with Gasteiger partial charge in [-0.2, -0.15) is 0 Å². The highest BCUT2D eigenvalue weighted by molar-refractivity contribution is 5.80. The van der Waals surface area contributed by atoms with Crippen molar-refractivity contribution in [3.63, 3.8) is 0 Å². The van der Waals surface area contributed by atoms with E-state index >= 15 is 0 Å². The Morgan fingerprint density at radius 1 is 1.45 bits per heavy atom. The van der Waals surface area contributed by atoms with Gasteiger partial charge in [0.05, 0.1) is 0 Å². The second kappa shape index (κ2) is 4.89. The first kappa shape index (κ1) is 10.2. The molecule has 0 atom stereocenters. The molecule has 1 nitrogen and oxygen atoms in total. The number of hydrogen-bond donors (Lipinski definition) is 0. The van der Waals surface area contributed by atoms with Crippen LogP contribution in [0.1, 0.15) is 26.7 Å². The van der Waals surface area contributed by atoms with Crippen molar-refractivity contribution in [3.8, 4) is 0 Å². The SMILES string of the molecule is C=CC(=C)CCC(=O)C(C)C. The largest absolute Gasteiger partial charge is 0.299 e. The van der Waals surface area contributed by atoms with Crippen molar-refractivity contribution in [2.75, 3.05) is 0 Å². The minimum Gasteiger partial charge on any atom is -0.299 e. The van der Waals surface area contributed by atoms with Crippen molar-refractivity contribution in [3.05, 3.63) is 24.8 Å². The molecular formula is C10H16O. The average Bonchev–Trinajstić information content (AvgIpc) is 1.99. The van der Waals surface area contributed by atoms with Gasteiger partial charge in [-0.1, -0.05) is 38.7 Å². The van der Waals surface area contributed by atoms with Gasteiger partial charge in [0.15, 0.2) is 0 Å². The van der Waals surface area contributed by atoms with E-state index in [2.05, 4.69) is 13.2 Å². The topological polar surface area (TPSA) is 17.1 Å². The molecule has 0 aliphatic heterocycles. The van der Waals surface area contributed by atoms with Crippen LogP contribution in [-0.2, 0) is 4.79 Å². The molecule has 0 aliphatic rings. The summed E-state index contributed by atoms with van der Waals surface area (Å²) in [5, 5.41) is 0. The van der Waals surface area contributed by atoms with Gasteiger partial charge in [0.2, 0.25) is 0 Å². The minimum atomic E-state index is 0.146. The van der Waals surface area contributed by atoms with E-state index in [0.717, 1.165) is 12.0 Å². The second-order valence-corrected chi connectivity index (χ2v) is 2.98. The number of rotatable bonds is 5. The average molecular weight is 152 g/mol. The highest BCUT2D eigenvalue weighted by atomic mass is 16.1. The van der Waals surface area contributed by atoms with Crippen molar-refractivity contribution in [2.24, 2.45) is 5.92 Å². The quantitative estimate of drug-likeness (QED) is 0.553. The van der Waals surface area contributed by atoms with Crippen LogP contribution in [0.4, 0.5) is 0 Å². The highest BCUT2D eigenvalue weighted by Gasteiger charge is 2.05. The van der Waals surface area contributed by atoms with Crippen molar-refractivity contribution in [1.29, 1.82) is 0 Å². The Bertz CT molecular complexity index is 166. The van der Waals surface area contributed by atoms with Gasteiger partial charge in [-0.3, -0.25) is 4.79 Å². The summed E-state index contributed by atoms with van der Waals surface area (Å²) >= 11 is 0. The molecule has 0 aromatic rings. The number of carbonyl (C=O) groups is 1. The summed E-state index contributed by atoms with van der Waals surface area (Å²) in [4.78, 5) is 11.1. The van der Waals surface area contributed by atoms with Crippen molar-refractivity contribution < 1.29 is 4.79 Å². The molecule has 1 heteroatoms. The van der Waals surface area contributed by atoms with Crippen LogP contribution in [0.25, 0.3) is 0 Å². The van der Waals surface area contributed by atoms with Gasteiger partial charge in [-0.15, -0.1) is 0 Å². The minimum absolute atomic E-state index is 0.146. The van der Waals surface area contributed by atoms with Gasteiger partial charge in [0, 0.05) is 12.3 Å². The first-order valence-electron chi connectivity index (χ1n) is 3.91. The van der Waals surface area contributed by atoms with Crippen LogP contribution < -0.4 is 0 Å². The Morgan fingerprint density at radius 3 is 2.36 bits per heavy atom. The fourth-order valence-electron chi connectivity index (χ4n) is 0.674. The Labute approximate surface area is 68.8 Å². The van der Waals surface area contributed by atoms with Crippen molar-refractivity contribution >= 4 is 5.78 Å². The molecule has 0 bridgehead atoms. The predicted molar refractivity (Wildman–Crippen MR) is 48.4 cm³/mol. The van der Waals surface area contributed by atoms with E-state index in [1.54, 1.807) is 6.08 Å². The standard InChI is InChI=1S/C10H16O/c1-5-9(4)6-7-10(11)8(2)3/h5,8H,1,4,6-7H2,2-3H3. The normalized spacial score (nSPS) is 9.73. The molecule has 0 aliphatic carbocycles. The van der Waals surface area contributed by atoms with Gasteiger partial charge >= 0.3 is 0 Å². The number of hydrogen-bond acceptors (Lipinski definition) is 1. The van der Waals surface area contributed by atoms with E-state index in [0.29, 0.717) is 12.2 Å². The first-order valence-corrected chi connectivity index (χ1v) is 3.91. The third kappa shape index (κ3) is 4.54. The molecule has 62 valence electrons. The van der Waals surface area contributed by atoms with Gasteiger partial charge < -0.3 is 0 Å². The second-order valence-electron chi connectivity index (χ2n) is 2.98. The van der Waals surface area contributed by atoms with Crippen molar-refractivity contribution in [1.82, 2.24) is 0 Å². The maximum absolute atomic E-state index is 11.1. The summed E-state index contributed by atoms with van der Waals surface area (Å²) in [7, 11) is 0. The Hall–Kier alpha value is -0.850. The van der Waals surface area contributed by atoms with Crippen LogP contribution in [0.15, 0.2) is 24.8 Å². The summed E-state index contributed by atoms with van der Waals surface area (Å²) in [6.07, 6.45) is 3.05. The van der Waals surface area contributed by atoms with Crippen LogP contribution in [0.3, 0.4) is 0 Å². The Morgan fingerprint density at radius 2 is 2.00 bits per heavy atom. The van der Waals surface area contributed by atoms with Crippen LogP contribution in [0.5, 0.6) is 0 Å². The molecule has 0 saturated heterocycles. The third-order valence-corrected chi connectivity index (χ3v) is 1.63. The molecule has 0 heterocycles. The van der Waals surface area contributed by atoms with Gasteiger partial charge in [-0.05, 0) is 6.42 Å². The lowest BCUT2D eigenvalue weighted by atomic mass is 10.0. The fraction of sp³-hybridized carbons (Fsp3) is 0.500. The zero-order chi connectivity index (χ0) is 8.85. The van der Waals surface area contributed by atoms with E-state index in [-0.39, 0.29) is 5.92 Å². The van der Waals surface area contributed by atoms with Gasteiger partial charge in [0.25, 0.3) is 0 Å². The number of ketones is 1. The predicted octanol–water partition coefficient (Wildman–Crippen LogP) is 2.73. The zero-order valence-corrected chi connectivity index (χ0v) is 7.39. The lowest BCUT2D eigenvalue weighted by Crippen LogP contribution is -2.06. The number of Topliss-reactive ketones (excluding diaryl/α,β-unsaturated/α-hetero) is 1. The van der Waals surface area contributed by atoms with Crippen LogP contribution in [-0.4, -0.2) is 5.78 Å². The van der Waals surface area contributed by atoms with Crippen molar-refractivity contribution in [2.45, 2.75) is 26.7 Å². The summed E-state index contributed by atoms with van der Waals surface area (Å²) < 4.78 is 0. The zero-order valence-electron chi connectivity index (χ0n) is 7.39. The molecule has 0 saturated carbocycles.